The topological polar surface area (TPSA) is 76.1 Å². The minimum atomic E-state index is -0.931. The maximum Gasteiger partial charge on any atom is 0.326 e. The highest BCUT2D eigenvalue weighted by Crippen LogP contribution is 2.42. The third-order valence-electron chi connectivity index (χ3n) is 5.24. The Morgan fingerprint density at radius 3 is 2.58 bits per heavy atom. The number of amides is 1. The van der Waals surface area contributed by atoms with Crippen molar-refractivity contribution in [2.75, 3.05) is 14.2 Å². The quantitative estimate of drug-likeness (QED) is 0.916. The van der Waals surface area contributed by atoms with Crippen LogP contribution >= 0.6 is 0 Å². The molecule has 1 aromatic rings. The van der Waals surface area contributed by atoms with Crippen LogP contribution in [-0.4, -0.2) is 48.2 Å². The molecule has 6 heteroatoms. The Kier molecular flexibility index (Phi) is 4.64. The highest BCUT2D eigenvalue weighted by Gasteiger charge is 2.48. The zero-order valence-corrected chi connectivity index (χ0v) is 14.0. The van der Waals surface area contributed by atoms with Gasteiger partial charge in [-0.05, 0) is 37.3 Å². The standard InChI is InChI=1S/C18H23NO5/c1-23-15-9-5-7-12(16(15)24-2)17(20)19-13-8-4-3-6-11(13)10-14(19)18(21)22/h5,7,9,11,13-14H,3-4,6,8,10H2,1-2H3,(H,21,22). The minimum absolute atomic E-state index is 0.00302. The molecule has 24 heavy (non-hydrogen) atoms. The van der Waals surface area contributed by atoms with Crippen LogP contribution in [-0.2, 0) is 4.79 Å². The fourth-order valence-corrected chi connectivity index (χ4v) is 4.17. The van der Waals surface area contributed by atoms with Gasteiger partial charge in [0, 0.05) is 6.04 Å². The van der Waals surface area contributed by atoms with Crippen LogP contribution in [0.25, 0.3) is 0 Å². The van der Waals surface area contributed by atoms with Gasteiger partial charge in [-0.3, -0.25) is 4.79 Å². The van der Waals surface area contributed by atoms with E-state index in [1.165, 1.54) is 14.2 Å². The molecule has 1 aromatic carbocycles. The molecule has 0 aromatic heterocycles. The van der Waals surface area contributed by atoms with Gasteiger partial charge in [0.05, 0.1) is 19.8 Å². The second-order valence-electron chi connectivity index (χ2n) is 6.46. The van der Waals surface area contributed by atoms with E-state index in [-0.39, 0.29) is 17.9 Å². The third-order valence-corrected chi connectivity index (χ3v) is 5.24. The molecular weight excluding hydrogens is 310 g/mol. The smallest absolute Gasteiger partial charge is 0.326 e. The monoisotopic (exact) mass is 333 g/mol. The van der Waals surface area contributed by atoms with Gasteiger partial charge in [0.1, 0.15) is 6.04 Å². The first-order valence-electron chi connectivity index (χ1n) is 8.35. The molecule has 1 amide bonds. The Labute approximate surface area is 141 Å². The molecule has 2 fully saturated rings. The van der Waals surface area contributed by atoms with Gasteiger partial charge in [-0.1, -0.05) is 18.9 Å². The van der Waals surface area contributed by atoms with Crippen molar-refractivity contribution in [1.29, 1.82) is 0 Å². The van der Waals surface area contributed by atoms with E-state index in [2.05, 4.69) is 0 Å². The second-order valence-corrected chi connectivity index (χ2v) is 6.46. The number of carboxylic acids is 1. The number of hydrogen-bond acceptors (Lipinski definition) is 4. The summed E-state index contributed by atoms with van der Waals surface area (Å²) in [5.41, 5.74) is 0.356. The SMILES string of the molecule is COc1cccc(C(=O)N2C(C(=O)O)CC3CCCCC32)c1OC. The number of carboxylic acid groups (broad SMARTS) is 1. The lowest BCUT2D eigenvalue weighted by atomic mass is 9.84. The van der Waals surface area contributed by atoms with E-state index < -0.39 is 12.0 Å². The van der Waals surface area contributed by atoms with Crippen LogP contribution in [0.15, 0.2) is 18.2 Å². The number of para-hydroxylation sites is 1. The molecule has 1 N–H and O–H groups in total. The predicted octanol–water partition coefficient (Wildman–Crippen LogP) is 2.56. The highest BCUT2D eigenvalue weighted by molar-refractivity contribution is 6.00. The lowest BCUT2D eigenvalue weighted by molar-refractivity contribution is -0.141. The fourth-order valence-electron chi connectivity index (χ4n) is 4.17. The highest BCUT2D eigenvalue weighted by atomic mass is 16.5. The van der Waals surface area contributed by atoms with Crippen LogP contribution in [0.5, 0.6) is 11.5 Å². The second kappa shape index (κ2) is 6.71. The molecule has 1 heterocycles. The van der Waals surface area contributed by atoms with Crippen molar-refractivity contribution in [3.05, 3.63) is 23.8 Å². The molecule has 6 nitrogen and oxygen atoms in total. The van der Waals surface area contributed by atoms with E-state index in [4.69, 9.17) is 9.47 Å². The number of rotatable bonds is 4. The van der Waals surface area contributed by atoms with Crippen molar-refractivity contribution in [2.45, 2.75) is 44.2 Å². The van der Waals surface area contributed by atoms with Crippen molar-refractivity contribution in [3.63, 3.8) is 0 Å². The summed E-state index contributed by atoms with van der Waals surface area (Å²) in [5, 5.41) is 9.60. The first-order chi connectivity index (χ1) is 11.6. The van der Waals surface area contributed by atoms with E-state index in [0.29, 0.717) is 23.5 Å². The zero-order valence-electron chi connectivity index (χ0n) is 14.0. The predicted molar refractivity (Wildman–Crippen MR) is 87.5 cm³/mol. The van der Waals surface area contributed by atoms with Gasteiger partial charge < -0.3 is 19.5 Å². The Morgan fingerprint density at radius 2 is 1.92 bits per heavy atom. The molecule has 3 unspecified atom stereocenters. The van der Waals surface area contributed by atoms with Crippen molar-refractivity contribution in [1.82, 2.24) is 4.90 Å². The van der Waals surface area contributed by atoms with Crippen LogP contribution in [0, 0.1) is 5.92 Å². The van der Waals surface area contributed by atoms with Crippen LogP contribution in [0.3, 0.4) is 0 Å². The molecule has 3 atom stereocenters. The van der Waals surface area contributed by atoms with E-state index in [1.807, 2.05) is 0 Å². The van der Waals surface area contributed by atoms with Gasteiger partial charge in [0.15, 0.2) is 11.5 Å². The van der Waals surface area contributed by atoms with Crippen molar-refractivity contribution >= 4 is 11.9 Å². The minimum Gasteiger partial charge on any atom is -0.493 e. The van der Waals surface area contributed by atoms with Crippen molar-refractivity contribution in [3.8, 4) is 11.5 Å². The number of carbonyl (C=O) groups is 2. The van der Waals surface area contributed by atoms with E-state index in [1.54, 1.807) is 23.1 Å². The van der Waals surface area contributed by atoms with E-state index in [9.17, 15) is 14.7 Å². The molecule has 0 bridgehead atoms. The maximum absolute atomic E-state index is 13.2. The lowest BCUT2D eigenvalue weighted by Crippen LogP contribution is -2.46. The first-order valence-corrected chi connectivity index (χ1v) is 8.35. The summed E-state index contributed by atoms with van der Waals surface area (Å²) in [6, 6.07) is 4.35. The molecule has 0 radical (unpaired) electrons. The van der Waals surface area contributed by atoms with Crippen molar-refractivity contribution < 1.29 is 24.2 Å². The van der Waals surface area contributed by atoms with Gasteiger partial charge >= 0.3 is 5.97 Å². The Hall–Kier alpha value is -2.24. The summed E-state index contributed by atoms with van der Waals surface area (Å²) in [5.74, 6) is -0.115. The molecule has 1 aliphatic carbocycles. The van der Waals surface area contributed by atoms with Gasteiger partial charge in [-0.2, -0.15) is 0 Å². The molecule has 2 aliphatic rings. The number of fused-ring (bicyclic) bond motifs is 1. The fraction of sp³-hybridized carbons (Fsp3) is 0.556. The first kappa shape index (κ1) is 16.6. The molecule has 3 rings (SSSR count). The number of nitrogens with zero attached hydrogens (tertiary/aromatic N) is 1. The van der Waals surface area contributed by atoms with Crippen molar-refractivity contribution in [2.24, 2.45) is 5.92 Å². The number of hydrogen-bond donors (Lipinski definition) is 1. The van der Waals surface area contributed by atoms with Crippen LogP contribution in [0.1, 0.15) is 42.5 Å². The summed E-state index contributed by atoms with van der Waals surface area (Å²) in [6.45, 7) is 0. The number of methoxy groups -OCH3 is 2. The third kappa shape index (κ3) is 2.70. The Balaban J connectivity index is 1.99. The summed E-state index contributed by atoms with van der Waals surface area (Å²) >= 11 is 0. The van der Waals surface area contributed by atoms with E-state index in [0.717, 1.165) is 25.7 Å². The van der Waals surface area contributed by atoms with Gasteiger partial charge in [-0.25, -0.2) is 4.79 Å². The molecule has 0 spiro atoms. The summed E-state index contributed by atoms with van der Waals surface area (Å²) < 4.78 is 10.6. The largest absolute Gasteiger partial charge is 0.493 e. The Morgan fingerprint density at radius 1 is 1.17 bits per heavy atom. The van der Waals surface area contributed by atoms with Gasteiger partial charge in [-0.15, -0.1) is 0 Å². The molecule has 130 valence electrons. The van der Waals surface area contributed by atoms with E-state index >= 15 is 0 Å². The van der Waals surface area contributed by atoms with Gasteiger partial charge in [0.2, 0.25) is 0 Å². The average Bonchev–Trinajstić information content (AvgIpc) is 3.00. The van der Waals surface area contributed by atoms with Gasteiger partial charge in [0.25, 0.3) is 5.91 Å². The average molecular weight is 333 g/mol. The molecule has 1 saturated carbocycles. The van der Waals surface area contributed by atoms with Crippen LogP contribution in [0.2, 0.25) is 0 Å². The number of benzene rings is 1. The number of carbonyl (C=O) groups excluding carboxylic acids is 1. The zero-order chi connectivity index (χ0) is 17.3. The Bertz CT molecular complexity index is 644. The number of aliphatic carboxylic acids is 1. The lowest BCUT2D eigenvalue weighted by Gasteiger charge is -2.33. The summed E-state index contributed by atoms with van der Waals surface area (Å²) in [6.07, 6.45) is 4.54. The number of likely N-dealkylation sites (tertiary alicyclic amines) is 1. The van der Waals surface area contributed by atoms with Crippen LogP contribution in [0.4, 0.5) is 0 Å². The summed E-state index contributed by atoms with van der Waals surface area (Å²) in [7, 11) is 3.00. The normalized spacial score (nSPS) is 25.9. The number of ether oxygens (including phenoxy) is 2. The summed E-state index contributed by atoms with van der Waals surface area (Å²) in [4.78, 5) is 26.5. The molecular formula is C18H23NO5. The van der Waals surface area contributed by atoms with Crippen LogP contribution < -0.4 is 9.47 Å². The molecule has 1 aliphatic heterocycles. The molecule has 1 saturated heterocycles. The maximum atomic E-state index is 13.2.